The molecule has 4 nitrogen and oxygen atoms in total. The van der Waals surface area contributed by atoms with Crippen LogP contribution in [0.15, 0.2) is 47.1 Å². The summed E-state index contributed by atoms with van der Waals surface area (Å²) in [6.45, 7) is 3.26. The van der Waals surface area contributed by atoms with Crippen LogP contribution in [0.1, 0.15) is 40.9 Å². The number of rotatable bonds is 5. The van der Waals surface area contributed by atoms with E-state index in [1.54, 1.807) is 6.26 Å². The lowest BCUT2D eigenvalue weighted by atomic mass is 10.1. The first-order valence-electron chi connectivity index (χ1n) is 7.94. The molecule has 116 valence electrons. The Hall–Kier alpha value is -2.07. The first kappa shape index (κ1) is 14.9. The van der Waals surface area contributed by atoms with Crippen LogP contribution in [0.5, 0.6) is 0 Å². The molecule has 0 bridgehead atoms. The van der Waals surface area contributed by atoms with Gasteiger partial charge in [0.2, 0.25) is 0 Å². The summed E-state index contributed by atoms with van der Waals surface area (Å²) in [5.41, 5.74) is 1.96. The predicted molar refractivity (Wildman–Crippen MR) is 85.4 cm³/mol. The minimum atomic E-state index is 0.162. The van der Waals surface area contributed by atoms with E-state index < -0.39 is 0 Å². The Balaban J connectivity index is 1.52. The van der Waals surface area contributed by atoms with Gasteiger partial charge >= 0.3 is 0 Å². The summed E-state index contributed by atoms with van der Waals surface area (Å²) >= 11 is 0. The van der Waals surface area contributed by atoms with Crippen molar-refractivity contribution in [2.45, 2.75) is 32.4 Å². The second-order valence-electron chi connectivity index (χ2n) is 5.73. The molecule has 0 atom stereocenters. The fraction of sp³-hybridized carbons (Fsp3) is 0.389. The maximum absolute atomic E-state index is 12.4. The van der Waals surface area contributed by atoms with E-state index in [2.05, 4.69) is 5.32 Å². The van der Waals surface area contributed by atoms with E-state index in [4.69, 9.17) is 4.42 Å². The van der Waals surface area contributed by atoms with Crippen molar-refractivity contribution < 1.29 is 9.21 Å². The van der Waals surface area contributed by atoms with Gasteiger partial charge in [-0.25, -0.2) is 0 Å². The minimum absolute atomic E-state index is 0.162. The topological polar surface area (TPSA) is 45.5 Å². The van der Waals surface area contributed by atoms with Gasteiger partial charge in [-0.1, -0.05) is 12.1 Å². The molecule has 2 aromatic rings. The summed E-state index contributed by atoms with van der Waals surface area (Å²) in [5, 5.41) is 3.33. The van der Waals surface area contributed by atoms with E-state index in [1.807, 2.05) is 41.3 Å². The summed E-state index contributed by atoms with van der Waals surface area (Å²) in [4.78, 5) is 14.3. The van der Waals surface area contributed by atoms with Crippen molar-refractivity contribution in [3.63, 3.8) is 0 Å². The molecule has 1 fully saturated rings. The number of amides is 1. The van der Waals surface area contributed by atoms with E-state index >= 15 is 0 Å². The van der Waals surface area contributed by atoms with Crippen LogP contribution in [-0.2, 0) is 13.1 Å². The molecule has 0 unspecified atom stereocenters. The maximum atomic E-state index is 12.4. The van der Waals surface area contributed by atoms with E-state index in [0.29, 0.717) is 6.54 Å². The van der Waals surface area contributed by atoms with E-state index in [1.165, 1.54) is 12.0 Å². The van der Waals surface area contributed by atoms with E-state index in [0.717, 1.165) is 43.8 Å². The van der Waals surface area contributed by atoms with Crippen LogP contribution in [-0.4, -0.2) is 23.9 Å². The van der Waals surface area contributed by atoms with Crippen LogP contribution in [0, 0.1) is 0 Å². The lowest BCUT2D eigenvalue weighted by Gasteiger charge is -2.26. The molecule has 1 amide bonds. The number of likely N-dealkylation sites (tertiary alicyclic amines) is 1. The third-order valence-electron chi connectivity index (χ3n) is 4.05. The van der Waals surface area contributed by atoms with Gasteiger partial charge in [0.15, 0.2) is 0 Å². The molecule has 1 aromatic heterocycles. The quantitative estimate of drug-likeness (QED) is 0.922. The van der Waals surface area contributed by atoms with Gasteiger partial charge in [-0.2, -0.15) is 0 Å². The van der Waals surface area contributed by atoms with Gasteiger partial charge in [-0.3, -0.25) is 4.79 Å². The molecule has 0 saturated carbocycles. The Morgan fingerprint density at radius 2 is 1.82 bits per heavy atom. The highest BCUT2D eigenvalue weighted by molar-refractivity contribution is 5.94. The molecule has 1 N–H and O–H groups in total. The number of furan rings is 1. The lowest BCUT2D eigenvalue weighted by Crippen LogP contribution is -2.35. The van der Waals surface area contributed by atoms with Gasteiger partial charge < -0.3 is 14.6 Å². The van der Waals surface area contributed by atoms with Gasteiger partial charge in [0, 0.05) is 25.2 Å². The number of piperidine rings is 1. The molecular formula is C18H22N2O2. The monoisotopic (exact) mass is 298 g/mol. The molecule has 22 heavy (non-hydrogen) atoms. The number of carbonyl (C=O) groups is 1. The summed E-state index contributed by atoms with van der Waals surface area (Å²) < 4.78 is 5.28. The number of nitrogens with one attached hydrogen (secondary N) is 1. The van der Waals surface area contributed by atoms with E-state index in [-0.39, 0.29) is 5.91 Å². The van der Waals surface area contributed by atoms with Crippen LogP contribution in [0.3, 0.4) is 0 Å². The molecule has 1 saturated heterocycles. The number of benzene rings is 1. The summed E-state index contributed by atoms with van der Waals surface area (Å²) in [5.74, 6) is 1.09. The molecule has 3 rings (SSSR count). The van der Waals surface area contributed by atoms with Crippen LogP contribution in [0.2, 0.25) is 0 Å². The average molecular weight is 298 g/mol. The Morgan fingerprint density at radius 1 is 1.05 bits per heavy atom. The molecule has 1 aromatic carbocycles. The van der Waals surface area contributed by atoms with Gasteiger partial charge in [-0.05, 0) is 49.1 Å². The molecule has 1 aliphatic rings. The normalized spacial score (nSPS) is 15.0. The smallest absolute Gasteiger partial charge is 0.253 e. The number of hydrogen-bond donors (Lipinski definition) is 1. The van der Waals surface area contributed by atoms with Crippen LogP contribution in [0.25, 0.3) is 0 Å². The number of carbonyl (C=O) groups excluding carboxylic acids is 1. The van der Waals surface area contributed by atoms with Gasteiger partial charge in [0.05, 0.1) is 12.8 Å². The fourth-order valence-electron chi connectivity index (χ4n) is 2.79. The first-order valence-corrected chi connectivity index (χ1v) is 7.94. The van der Waals surface area contributed by atoms with Crippen LogP contribution < -0.4 is 5.32 Å². The number of nitrogens with zero attached hydrogens (tertiary/aromatic N) is 1. The Bertz CT molecular complexity index is 584. The first-order chi connectivity index (χ1) is 10.8. The minimum Gasteiger partial charge on any atom is -0.468 e. The standard InChI is InChI=1S/C18H22N2O2/c21-18(20-10-2-1-3-11-20)16-8-6-15(7-9-16)13-19-14-17-5-4-12-22-17/h4-9,12,19H,1-3,10-11,13-14H2. The maximum Gasteiger partial charge on any atom is 0.253 e. The Labute approximate surface area is 131 Å². The van der Waals surface area contributed by atoms with Crippen molar-refractivity contribution in [3.8, 4) is 0 Å². The molecule has 1 aliphatic heterocycles. The SMILES string of the molecule is O=C(c1ccc(CNCc2ccco2)cc1)N1CCCCC1. The van der Waals surface area contributed by atoms with Crippen molar-refractivity contribution in [2.24, 2.45) is 0 Å². The zero-order valence-corrected chi connectivity index (χ0v) is 12.8. The Kier molecular flexibility index (Phi) is 4.91. The zero-order chi connectivity index (χ0) is 15.2. The third-order valence-corrected chi connectivity index (χ3v) is 4.05. The summed E-state index contributed by atoms with van der Waals surface area (Å²) in [6.07, 6.45) is 5.17. The fourth-order valence-corrected chi connectivity index (χ4v) is 2.79. The van der Waals surface area contributed by atoms with Crippen LogP contribution >= 0.6 is 0 Å². The lowest BCUT2D eigenvalue weighted by molar-refractivity contribution is 0.0724. The molecular weight excluding hydrogens is 276 g/mol. The Morgan fingerprint density at radius 3 is 2.50 bits per heavy atom. The van der Waals surface area contributed by atoms with E-state index in [9.17, 15) is 4.79 Å². The zero-order valence-electron chi connectivity index (χ0n) is 12.8. The van der Waals surface area contributed by atoms with Gasteiger partial charge in [-0.15, -0.1) is 0 Å². The highest BCUT2D eigenvalue weighted by Crippen LogP contribution is 2.14. The summed E-state index contributed by atoms with van der Waals surface area (Å²) in [7, 11) is 0. The molecule has 0 aliphatic carbocycles. The highest BCUT2D eigenvalue weighted by atomic mass is 16.3. The highest BCUT2D eigenvalue weighted by Gasteiger charge is 2.17. The third kappa shape index (κ3) is 3.77. The van der Waals surface area contributed by atoms with Crippen molar-refractivity contribution >= 4 is 5.91 Å². The van der Waals surface area contributed by atoms with Crippen LogP contribution in [0.4, 0.5) is 0 Å². The van der Waals surface area contributed by atoms with Crippen molar-refractivity contribution in [3.05, 3.63) is 59.5 Å². The molecule has 0 radical (unpaired) electrons. The van der Waals surface area contributed by atoms with Crippen molar-refractivity contribution in [1.82, 2.24) is 10.2 Å². The summed E-state index contributed by atoms with van der Waals surface area (Å²) in [6, 6.07) is 11.7. The second kappa shape index (κ2) is 7.27. The van der Waals surface area contributed by atoms with Gasteiger partial charge in [0.1, 0.15) is 5.76 Å². The molecule has 4 heteroatoms. The predicted octanol–water partition coefficient (Wildman–Crippen LogP) is 3.20. The van der Waals surface area contributed by atoms with Gasteiger partial charge in [0.25, 0.3) is 5.91 Å². The molecule has 2 heterocycles. The van der Waals surface area contributed by atoms with Crippen molar-refractivity contribution in [2.75, 3.05) is 13.1 Å². The van der Waals surface area contributed by atoms with Crippen molar-refractivity contribution in [1.29, 1.82) is 0 Å². The average Bonchev–Trinajstić information content (AvgIpc) is 3.09. The second-order valence-corrected chi connectivity index (χ2v) is 5.73. The molecule has 0 spiro atoms. The largest absolute Gasteiger partial charge is 0.468 e. The number of hydrogen-bond acceptors (Lipinski definition) is 3.